The Kier molecular flexibility index (Phi) is 5.71. The van der Waals surface area contributed by atoms with Crippen molar-refractivity contribution in [3.05, 3.63) is 107 Å². The van der Waals surface area contributed by atoms with Crippen molar-refractivity contribution >= 4 is 149 Å². The topological polar surface area (TPSA) is 35.6 Å². The minimum atomic E-state index is 0.883. The minimum Gasteiger partial charge on any atom is -0.299 e. The van der Waals surface area contributed by atoms with E-state index in [2.05, 4.69) is 108 Å². The third-order valence-corrected chi connectivity index (χ3v) is 17.0. The molecule has 0 unspecified atom stereocenters. The molecule has 0 N–H and O–H groups in total. The van der Waals surface area contributed by atoms with Crippen molar-refractivity contribution in [2.45, 2.75) is 13.8 Å². The average Bonchev–Trinajstić information content (AvgIpc) is 3.99. The molecule has 0 saturated carbocycles. The van der Waals surface area contributed by atoms with Crippen LogP contribution in [0.2, 0.25) is 0 Å². The van der Waals surface area contributed by atoms with Crippen LogP contribution < -0.4 is 0 Å². The molecular weight excluding hydrogens is 729 g/mol. The number of aryl methyl sites for hydroxylation is 2. The first-order chi connectivity index (χ1) is 24.6. The van der Waals surface area contributed by atoms with E-state index in [1.165, 1.54) is 89.9 Å². The second kappa shape index (κ2) is 10.1. The molecule has 0 radical (unpaired) electrons. The summed E-state index contributed by atoms with van der Waals surface area (Å²) in [5, 5.41) is 7.30. The zero-order chi connectivity index (χ0) is 32.8. The van der Waals surface area contributed by atoms with Gasteiger partial charge in [0.25, 0.3) is 0 Å². The molecule has 12 aromatic rings. The number of pyridine rings is 2. The number of hydrogen-bond donors (Lipinski definition) is 0. The van der Waals surface area contributed by atoms with Crippen molar-refractivity contribution in [2.24, 2.45) is 0 Å². The van der Waals surface area contributed by atoms with Gasteiger partial charge >= 0.3 is 0 Å². The number of thiophene rings is 6. The Bertz CT molecular complexity index is 3140. The molecule has 10 heterocycles. The summed E-state index contributed by atoms with van der Waals surface area (Å²) in [5.41, 5.74) is 6.40. The molecule has 2 aromatic carbocycles. The smallest absolute Gasteiger partial charge is 0.102 e. The molecule has 10 heteroatoms. The molecular formula is C40H22N4S6. The molecule has 4 nitrogen and oxygen atoms in total. The molecule has 10 aromatic heterocycles. The van der Waals surface area contributed by atoms with Crippen molar-refractivity contribution in [3.63, 3.8) is 0 Å². The van der Waals surface area contributed by atoms with E-state index in [9.17, 15) is 0 Å². The Hall–Kier alpha value is -4.42. The largest absolute Gasteiger partial charge is 0.299 e. The van der Waals surface area contributed by atoms with Gasteiger partial charge in [-0.2, -0.15) is 0 Å². The third-order valence-electron chi connectivity index (χ3n) is 9.69. The molecule has 238 valence electrons. The predicted molar refractivity (Wildman–Crippen MR) is 223 cm³/mol. The van der Waals surface area contributed by atoms with Crippen LogP contribution in [-0.2, 0) is 0 Å². The van der Waals surface area contributed by atoms with Crippen molar-refractivity contribution < 1.29 is 0 Å². The highest BCUT2D eigenvalue weighted by Gasteiger charge is 2.21. The summed E-state index contributed by atoms with van der Waals surface area (Å²) in [6, 6.07) is 31.3. The van der Waals surface area contributed by atoms with Crippen LogP contribution >= 0.6 is 68.0 Å². The Morgan fingerprint density at radius 2 is 0.840 bits per heavy atom. The van der Waals surface area contributed by atoms with Gasteiger partial charge in [0.2, 0.25) is 0 Å². The Labute approximate surface area is 308 Å². The maximum atomic E-state index is 5.08. The zero-order valence-electron chi connectivity index (χ0n) is 26.5. The van der Waals surface area contributed by atoms with E-state index in [-0.39, 0.29) is 0 Å². The first kappa shape index (κ1) is 28.3. The quantitative estimate of drug-likeness (QED) is 0.180. The van der Waals surface area contributed by atoms with Gasteiger partial charge in [-0.1, -0.05) is 36.4 Å². The molecule has 0 aliphatic heterocycles. The molecule has 0 spiro atoms. The summed E-state index contributed by atoms with van der Waals surface area (Å²) in [4.78, 5) is 12.9. The Balaban J connectivity index is 1.03. The van der Waals surface area contributed by atoms with Crippen LogP contribution in [0.3, 0.4) is 0 Å². The van der Waals surface area contributed by atoms with Crippen molar-refractivity contribution in [3.8, 4) is 21.4 Å². The predicted octanol–water partition coefficient (Wildman–Crippen LogP) is 13.9. The summed E-state index contributed by atoms with van der Waals surface area (Å²) < 4.78 is 15.9. The van der Waals surface area contributed by atoms with Gasteiger partial charge in [0.15, 0.2) is 0 Å². The van der Waals surface area contributed by atoms with E-state index in [4.69, 9.17) is 9.97 Å². The molecule has 50 heavy (non-hydrogen) atoms. The average molecular weight is 751 g/mol. The van der Waals surface area contributed by atoms with E-state index in [0.29, 0.717) is 0 Å². The van der Waals surface area contributed by atoms with Gasteiger partial charge in [-0.3, -0.25) is 19.1 Å². The van der Waals surface area contributed by atoms with Gasteiger partial charge in [0.1, 0.15) is 10.0 Å². The summed E-state index contributed by atoms with van der Waals surface area (Å²) in [6.45, 7) is 4.40. The molecule has 12 rings (SSSR count). The van der Waals surface area contributed by atoms with Gasteiger partial charge in [-0.25, -0.2) is 0 Å². The van der Waals surface area contributed by atoms with Crippen LogP contribution in [0.25, 0.3) is 103 Å². The van der Waals surface area contributed by atoms with Crippen LogP contribution in [0.1, 0.15) is 9.75 Å². The Morgan fingerprint density at radius 1 is 0.420 bits per heavy atom. The highest BCUT2D eigenvalue weighted by atomic mass is 32.1. The second-order valence-electron chi connectivity index (χ2n) is 12.7. The van der Waals surface area contributed by atoms with E-state index < -0.39 is 0 Å². The zero-order valence-corrected chi connectivity index (χ0v) is 31.4. The molecule has 0 amide bonds. The molecule has 0 aliphatic rings. The lowest BCUT2D eigenvalue weighted by atomic mass is 10.1. The molecule has 0 fully saturated rings. The van der Waals surface area contributed by atoms with Crippen molar-refractivity contribution in [1.29, 1.82) is 0 Å². The highest BCUT2D eigenvalue weighted by Crippen LogP contribution is 2.48. The third kappa shape index (κ3) is 3.83. The maximum Gasteiger partial charge on any atom is 0.102 e. The first-order valence-electron chi connectivity index (χ1n) is 16.2. The number of fused-ring (bicyclic) bond motifs is 12. The summed E-state index contributed by atoms with van der Waals surface area (Å²) in [6.07, 6.45) is 4.09. The molecule has 0 bridgehead atoms. The van der Waals surface area contributed by atoms with Gasteiger partial charge in [0.05, 0.1) is 64.6 Å². The van der Waals surface area contributed by atoms with Crippen LogP contribution in [-0.4, -0.2) is 19.1 Å². The van der Waals surface area contributed by atoms with Gasteiger partial charge in [0, 0.05) is 50.1 Å². The standard InChI is InChI=1S/C40H22N4S6/c1-19-11-31-37(45-19)39-33(47-31)15-35(49-39)43-27-9-5-3-7-21(27)23-13-25(41-17-29(23)43)26-14-24-22-8-4-6-10-28(22)44(30(24)18-42-26)36-16-34-40(50-36)38-32(48-34)12-20(2)46-38/h3-18H,1-2H3. The molecule has 0 aliphatic carbocycles. The van der Waals surface area contributed by atoms with E-state index in [0.717, 1.165) is 22.4 Å². The van der Waals surface area contributed by atoms with Crippen LogP contribution in [0.4, 0.5) is 0 Å². The number of hydrogen-bond acceptors (Lipinski definition) is 8. The fourth-order valence-electron chi connectivity index (χ4n) is 7.59. The lowest BCUT2D eigenvalue weighted by Gasteiger charge is -2.06. The molecule has 0 atom stereocenters. The van der Waals surface area contributed by atoms with Crippen molar-refractivity contribution in [2.75, 3.05) is 0 Å². The number of benzene rings is 2. The number of para-hydroxylation sites is 2. The van der Waals surface area contributed by atoms with Gasteiger partial charge in [-0.05, 0) is 62.4 Å². The summed E-state index contributed by atoms with van der Waals surface area (Å²) in [5.74, 6) is 0. The fourth-order valence-corrected chi connectivity index (χ4v) is 15.5. The van der Waals surface area contributed by atoms with Gasteiger partial charge in [-0.15, -0.1) is 68.0 Å². The molecule has 0 saturated heterocycles. The SMILES string of the molecule is Cc1cc2sc3cc(-n4c5ccccc5c5cc(-c6cc7c8ccccc8n(-c8cc9sc%10cc(C)sc%10c9s8)c7cn6)ncc54)sc3c2s1. The lowest BCUT2D eigenvalue weighted by molar-refractivity contribution is 1.19. The monoisotopic (exact) mass is 750 g/mol. The van der Waals surface area contributed by atoms with E-state index in [1.807, 2.05) is 80.4 Å². The normalized spacial score (nSPS) is 12.6. The number of rotatable bonds is 3. The second-order valence-corrected chi connectivity index (χ2v) is 19.5. The Morgan fingerprint density at radius 3 is 1.32 bits per heavy atom. The summed E-state index contributed by atoms with van der Waals surface area (Å²) in [7, 11) is 0. The minimum absolute atomic E-state index is 0.883. The maximum absolute atomic E-state index is 5.08. The van der Waals surface area contributed by atoms with E-state index >= 15 is 0 Å². The van der Waals surface area contributed by atoms with Gasteiger partial charge < -0.3 is 0 Å². The number of nitrogens with zero attached hydrogens (tertiary/aromatic N) is 4. The van der Waals surface area contributed by atoms with Crippen LogP contribution in [0.15, 0.2) is 97.3 Å². The van der Waals surface area contributed by atoms with E-state index in [1.54, 1.807) is 0 Å². The fraction of sp³-hybridized carbons (Fsp3) is 0.0500. The number of aromatic nitrogens is 4. The summed E-state index contributed by atoms with van der Waals surface area (Å²) >= 11 is 11.4. The van der Waals surface area contributed by atoms with Crippen LogP contribution in [0.5, 0.6) is 0 Å². The van der Waals surface area contributed by atoms with Crippen LogP contribution in [0, 0.1) is 13.8 Å². The van der Waals surface area contributed by atoms with Crippen molar-refractivity contribution in [1.82, 2.24) is 19.1 Å². The first-order valence-corrected chi connectivity index (χ1v) is 21.1. The lowest BCUT2D eigenvalue weighted by Crippen LogP contribution is -1.93. The highest BCUT2D eigenvalue weighted by molar-refractivity contribution is 7.40.